The van der Waals surface area contributed by atoms with Gasteiger partial charge < -0.3 is 5.32 Å². The molecule has 0 unspecified atom stereocenters. The van der Waals surface area contributed by atoms with Crippen LogP contribution in [-0.4, -0.2) is 36.6 Å². The van der Waals surface area contributed by atoms with Gasteiger partial charge in [-0.1, -0.05) is 6.07 Å². The Hall–Kier alpha value is -1.93. The predicted molar refractivity (Wildman–Crippen MR) is 71.5 cm³/mol. The standard InChI is InChI=1S/C10H8ClN7S/c1-12-8-13-7(11)14-9(15-8)19-10-17-16-6-4-2-3-5-18(6)10/h2-5H,1H3,(H,12,13,14,15). The molecular formula is C10H8ClN7S. The normalized spacial score (nSPS) is 10.8. The van der Waals surface area contributed by atoms with E-state index in [0.717, 1.165) is 5.65 Å². The summed E-state index contributed by atoms with van der Waals surface area (Å²) in [6, 6.07) is 5.67. The maximum Gasteiger partial charge on any atom is 0.228 e. The van der Waals surface area contributed by atoms with Crippen molar-refractivity contribution < 1.29 is 0 Å². The van der Waals surface area contributed by atoms with E-state index in [1.54, 1.807) is 7.05 Å². The van der Waals surface area contributed by atoms with E-state index in [-0.39, 0.29) is 5.28 Å². The van der Waals surface area contributed by atoms with Gasteiger partial charge in [0.05, 0.1) is 0 Å². The molecule has 0 aliphatic rings. The van der Waals surface area contributed by atoms with Crippen LogP contribution in [0.2, 0.25) is 5.28 Å². The predicted octanol–water partition coefficient (Wildman–Crippen LogP) is 1.76. The fraction of sp³-hybridized carbons (Fsp3) is 0.100. The fourth-order valence-electron chi connectivity index (χ4n) is 1.46. The molecule has 0 aliphatic carbocycles. The second-order valence-electron chi connectivity index (χ2n) is 3.47. The molecular weight excluding hydrogens is 286 g/mol. The maximum atomic E-state index is 5.83. The molecule has 3 aromatic heterocycles. The number of aromatic nitrogens is 6. The SMILES string of the molecule is CNc1nc(Cl)nc(Sc2nnc3ccccn23)n1. The molecule has 96 valence electrons. The van der Waals surface area contributed by atoms with Gasteiger partial charge >= 0.3 is 0 Å². The Balaban J connectivity index is 1.99. The van der Waals surface area contributed by atoms with Crippen LogP contribution in [0.3, 0.4) is 0 Å². The average molecular weight is 294 g/mol. The summed E-state index contributed by atoms with van der Waals surface area (Å²) in [7, 11) is 1.71. The molecule has 3 rings (SSSR count). The highest BCUT2D eigenvalue weighted by molar-refractivity contribution is 7.99. The van der Waals surface area contributed by atoms with Gasteiger partial charge in [-0.25, -0.2) is 0 Å². The van der Waals surface area contributed by atoms with Crippen LogP contribution in [0, 0.1) is 0 Å². The lowest BCUT2D eigenvalue weighted by Gasteiger charge is -2.02. The quantitative estimate of drug-likeness (QED) is 0.788. The number of nitrogens with zero attached hydrogens (tertiary/aromatic N) is 6. The summed E-state index contributed by atoms with van der Waals surface area (Å²) >= 11 is 7.10. The van der Waals surface area contributed by atoms with E-state index in [4.69, 9.17) is 11.6 Å². The number of fused-ring (bicyclic) bond motifs is 1. The molecule has 0 bridgehead atoms. The fourth-order valence-corrected chi connectivity index (χ4v) is 2.43. The molecule has 0 amide bonds. The topological polar surface area (TPSA) is 80.9 Å². The third-order valence-corrected chi connectivity index (χ3v) is 3.27. The molecule has 0 spiro atoms. The first-order valence-electron chi connectivity index (χ1n) is 5.33. The largest absolute Gasteiger partial charge is 0.357 e. The highest BCUT2D eigenvalue weighted by Gasteiger charge is 2.11. The van der Waals surface area contributed by atoms with Crippen molar-refractivity contribution >= 4 is 35.0 Å². The molecule has 9 heteroatoms. The van der Waals surface area contributed by atoms with E-state index in [2.05, 4.69) is 30.5 Å². The van der Waals surface area contributed by atoms with E-state index in [1.807, 2.05) is 28.8 Å². The Morgan fingerprint density at radius 3 is 2.95 bits per heavy atom. The second kappa shape index (κ2) is 4.98. The minimum absolute atomic E-state index is 0.135. The average Bonchev–Trinajstić information content (AvgIpc) is 2.82. The first-order valence-corrected chi connectivity index (χ1v) is 6.52. The van der Waals surface area contributed by atoms with Crippen LogP contribution >= 0.6 is 23.4 Å². The zero-order valence-electron chi connectivity index (χ0n) is 9.78. The highest BCUT2D eigenvalue weighted by Crippen LogP contribution is 2.24. The Morgan fingerprint density at radius 1 is 1.21 bits per heavy atom. The third-order valence-electron chi connectivity index (χ3n) is 2.28. The van der Waals surface area contributed by atoms with Crippen LogP contribution in [0.25, 0.3) is 5.65 Å². The van der Waals surface area contributed by atoms with Gasteiger partial charge in [0.1, 0.15) is 0 Å². The molecule has 0 radical (unpaired) electrons. The number of nitrogens with one attached hydrogen (secondary N) is 1. The van der Waals surface area contributed by atoms with Crippen LogP contribution in [-0.2, 0) is 0 Å². The zero-order chi connectivity index (χ0) is 13.2. The number of hydrogen-bond acceptors (Lipinski definition) is 7. The summed E-state index contributed by atoms with van der Waals surface area (Å²) in [6.45, 7) is 0. The van der Waals surface area contributed by atoms with Gasteiger partial charge in [-0.05, 0) is 35.5 Å². The van der Waals surface area contributed by atoms with Gasteiger partial charge in [-0.2, -0.15) is 15.0 Å². The van der Waals surface area contributed by atoms with Crippen LogP contribution in [0.1, 0.15) is 0 Å². The van der Waals surface area contributed by atoms with Crippen LogP contribution in [0.5, 0.6) is 0 Å². The molecule has 3 heterocycles. The van der Waals surface area contributed by atoms with Crippen LogP contribution < -0.4 is 5.32 Å². The molecule has 0 aromatic carbocycles. The van der Waals surface area contributed by atoms with Crippen molar-refractivity contribution in [2.24, 2.45) is 0 Å². The number of hydrogen-bond donors (Lipinski definition) is 1. The smallest absolute Gasteiger partial charge is 0.228 e. The van der Waals surface area contributed by atoms with Crippen molar-refractivity contribution in [3.63, 3.8) is 0 Å². The van der Waals surface area contributed by atoms with Crippen LogP contribution in [0.4, 0.5) is 5.95 Å². The Bertz CT molecular complexity index is 729. The van der Waals surface area contributed by atoms with Crippen molar-refractivity contribution in [2.45, 2.75) is 10.3 Å². The molecule has 0 saturated heterocycles. The van der Waals surface area contributed by atoms with E-state index < -0.39 is 0 Å². The first kappa shape index (κ1) is 12.1. The Kier molecular flexibility index (Phi) is 3.18. The molecule has 0 aliphatic heterocycles. The molecule has 3 aromatic rings. The second-order valence-corrected chi connectivity index (χ2v) is 4.75. The summed E-state index contributed by atoms with van der Waals surface area (Å²) < 4.78 is 1.85. The van der Waals surface area contributed by atoms with E-state index in [9.17, 15) is 0 Å². The molecule has 0 saturated carbocycles. The highest BCUT2D eigenvalue weighted by atomic mass is 35.5. The summed E-state index contributed by atoms with van der Waals surface area (Å²) in [4.78, 5) is 12.2. The number of halogens is 1. The lowest BCUT2D eigenvalue weighted by molar-refractivity contribution is 0.879. The Morgan fingerprint density at radius 2 is 2.11 bits per heavy atom. The third kappa shape index (κ3) is 2.45. The molecule has 19 heavy (non-hydrogen) atoms. The summed E-state index contributed by atoms with van der Waals surface area (Å²) in [6.07, 6.45) is 1.87. The summed E-state index contributed by atoms with van der Waals surface area (Å²) in [5.74, 6) is 0.413. The monoisotopic (exact) mass is 293 g/mol. The molecule has 0 fully saturated rings. The van der Waals surface area contributed by atoms with Crippen molar-refractivity contribution in [2.75, 3.05) is 12.4 Å². The number of anilines is 1. The first-order chi connectivity index (χ1) is 9.26. The Labute approximate surface area is 117 Å². The van der Waals surface area contributed by atoms with Crippen molar-refractivity contribution in [3.8, 4) is 0 Å². The lowest BCUT2D eigenvalue weighted by atomic mass is 10.5. The number of rotatable bonds is 3. The van der Waals surface area contributed by atoms with Crippen molar-refractivity contribution in [1.29, 1.82) is 0 Å². The van der Waals surface area contributed by atoms with Gasteiger partial charge in [-0.15, -0.1) is 10.2 Å². The minimum Gasteiger partial charge on any atom is -0.357 e. The minimum atomic E-state index is 0.135. The maximum absolute atomic E-state index is 5.83. The van der Waals surface area contributed by atoms with Gasteiger partial charge in [0.2, 0.25) is 21.5 Å². The van der Waals surface area contributed by atoms with Gasteiger partial charge in [0.15, 0.2) is 5.65 Å². The summed E-state index contributed by atoms with van der Waals surface area (Å²) in [5, 5.41) is 12.2. The van der Waals surface area contributed by atoms with E-state index >= 15 is 0 Å². The van der Waals surface area contributed by atoms with E-state index in [1.165, 1.54) is 11.8 Å². The molecule has 7 nitrogen and oxygen atoms in total. The van der Waals surface area contributed by atoms with Crippen molar-refractivity contribution in [1.82, 2.24) is 29.5 Å². The molecule has 1 N–H and O–H groups in total. The van der Waals surface area contributed by atoms with Gasteiger partial charge in [-0.3, -0.25) is 4.40 Å². The van der Waals surface area contributed by atoms with Crippen molar-refractivity contribution in [3.05, 3.63) is 29.7 Å². The molecule has 0 atom stereocenters. The van der Waals surface area contributed by atoms with Crippen LogP contribution in [0.15, 0.2) is 34.7 Å². The summed E-state index contributed by atoms with van der Waals surface area (Å²) in [5.41, 5.74) is 0.763. The number of pyridine rings is 1. The van der Waals surface area contributed by atoms with Gasteiger partial charge in [0, 0.05) is 13.2 Å². The van der Waals surface area contributed by atoms with Gasteiger partial charge in [0.25, 0.3) is 0 Å². The zero-order valence-corrected chi connectivity index (χ0v) is 11.4. The van der Waals surface area contributed by atoms with E-state index in [0.29, 0.717) is 16.3 Å². The lowest BCUT2D eigenvalue weighted by Crippen LogP contribution is -2.00.